The molecular weight excluding hydrogens is 360 g/mol. The molecule has 0 aliphatic rings. The minimum atomic E-state index is -0.956. The van der Waals surface area contributed by atoms with Crippen molar-refractivity contribution in [1.82, 2.24) is 0 Å². The lowest BCUT2D eigenvalue weighted by Gasteiger charge is -2.19. The lowest BCUT2D eigenvalue weighted by atomic mass is 9.91. The number of carboxylic acid groups (broad SMARTS) is 1. The second-order valence-electron chi connectivity index (χ2n) is 6.89. The van der Waals surface area contributed by atoms with Gasteiger partial charge in [-0.15, -0.1) is 0 Å². The van der Waals surface area contributed by atoms with Gasteiger partial charge < -0.3 is 14.6 Å². The van der Waals surface area contributed by atoms with Crippen LogP contribution in [0.5, 0.6) is 0 Å². The Kier molecular flexibility index (Phi) is 29.5. The molecule has 1 N–H and O–H groups in total. The molecule has 0 fully saturated rings. The third-order valence-electron chi connectivity index (χ3n) is 3.86. The third kappa shape index (κ3) is 19.2. The molecular formula is C22H50O6. The standard InChI is InChI=1S/C9H16O4.C9H18O2.4CH4/c1-4-9(2,3)8(12)13-6-5-7(10)11;1-5-7-11-8(10)9(3,4)6-2;;;;/h4-6H2,1-3H3,(H,10,11);5-7H2,1-4H3;4*1H4. The van der Waals surface area contributed by atoms with Gasteiger partial charge in [0.15, 0.2) is 0 Å². The summed E-state index contributed by atoms with van der Waals surface area (Å²) >= 11 is 0. The van der Waals surface area contributed by atoms with E-state index in [9.17, 15) is 14.4 Å². The molecule has 0 heterocycles. The zero-order valence-corrected chi connectivity index (χ0v) is 16.2. The largest absolute Gasteiger partial charge is 0.481 e. The van der Waals surface area contributed by atoms with E-state index in [2.05, 4.69) is 0 Å². The van der Waals surface area contributed by atoms with Gasteiger partial charge in [-0.25, -0.2) is 0 Å². The number of carbonyl (C=O) groups excluding carboxylic acids is 2. The topological polar surface area (TPSA) is 89.9 Å². The lowest BCUT2D eigenvalue weighted by Crippen LogP contribution is -2.26. The number of carboxylic acids is 1. The van der Waals surface area contributed by atoms with Crippen LogP contribution >= 0.6 is 0 Å². The van der Waals surface area contributed by atoms with Crippen molar-refractivity contribution < 1.29 is 29.0 Å². The van der Waals surface area contributed by atoms with Gasteiger partial charge in [-0.1, -0.05) is 50.5 Å². The molecule has 0 amide bonds. The van der Waals surface area contributed by atoms with Crippen LogP contribution in [-0.2, 0) is 23.9 Å². The van der Waals surface area contributed by atoms with Crippen molar-refractivity contribution in [3.8, 4) is 0 Å². The Bertz CT molecular complexity index is 400. The quantitative estimate of drug-likeness (QED) is 0.445. The Morgan fingerprint density at radius 2 is 1.04 bits per heavy atom. The van der Waals surface area contributed by atoms with E-state index < -0.39 is 11.4 Å². The van der Waals surface area contributed by atoms with Crippen LogP contribution in [0.3, 0.4) is 0 Å². The first-order valence-corrected chi connectivity index (χ1v) is 8.50. The summed E-state index contributed by atoms with van der Waals surface area (Å²) in [6.07, 6.45) is 2.27. The Morgan fingerprint density at radius 1 is 0.714 bits per heavy atom. The van der Waals surface area contributed by atoms with E-state index in [-0.39, 0.29) is 60.1 Å². The van der Waals surface area contributed by atoms with E-state index in [1.807, 2.05) is 34.6 Å². The highest BCUT2D eigenvalue weighted by atomic mass is 16.5. The minimum Gasteiger partial charge on any atom is -0.481 e. The summed E-state index contributed by atoms with van der Waals surface area (Å²) < 4.78 is 9.80. The fourth-order valence-electron chi connectivity index (χ4n) is 1.11. The molecule has 0 unspecified atom stereocenters. The Balaban J connectivity index is -0.0000000764. The van der Waals surface area contributed by atoms with Crippen molar-refractivity contribution in [1.29, 1.82) is 0 Å². The molecule has 6 heteroatoms. The Morgan fingerprint density at radius 3 is 1.29 bits per heavy atom. The normalized spacial score (nSPS) is 9.54. The molecule has 0 aliphatic heterocycles. The van der Waals surface area contributed by atoms with E-state index in [1.165, 1.54) is 0 Å². The molecule has 0 rings (SSSR count). The van der Waals surface area contributed by atoms with Crippen molar-refractivity contribution in [3.05, 3.63) is 0 Å². The monoisotopic (exact) mass is 410 g/mol. The maximum atomic E-state index is 11.3. The Hall–Kier alpha value is -1.59. The maximum Gasteiger partial charge on any atom is 0.311 e. The van der Waals surface area contributed by atoms with Crippen molar-refractivity contribution in [2.45, 2.75) is 104 Å². The number of aliphatic carboxylic acids is 1. The van der Waals surface area contributed by atoms with Crippen LogP contribution in [-0.4, -0.2) is 36.2 Å². The fourth-order valence-corrected chi connectivity index (χ4v) is 1.11. The summed E-state index contributed by atoms with van der Waals surface area (Å²) in [6.45, 7) is 13.7. The molecule has 0 atom stereocenters. The molecule has 0 bridgehead atoms. The first-order chi connectivity index (χ1) is 10.9. The predicted octanol–water partition coefficient (Wildman–Crippen LogP) is 6.36. The van der Waals surface area contributed by atoms with Crippen LogP contribution in [0.25, 0.3) is 0 Å². The molecule has 0 aromatic carbocycles. The van der Waals surface area contributed by atoms with Crippen LogP contribution in [0.15, 0.2) is 0 Å². The molecule has 6 nitrogen and oxygen atoms in total. The van der Waals surface area contributed by atoms with Gasteiger partial charge in [0, 0.05) is 0 Å². The highest BCUT2D eigenvalue weighted by molar-refractivity contribution is 5.76. The predicted molar refractivity (Wildman–Crippen MR) is 120 cm³/mol. The molecule has 174 valence electrons. The van der Waals surface area contributed by atoms with Gasteiger partial charge >= 0.3 is 17.9 Å². The molecule has 28 heavy (non-hydrogen) atoms. The van der Waals surface area contributed by atoms with Crippen LogP contribution in [0, 0.1) is 10.8 Å². The van der Waals surface area contributed by atoms with Crippen molar-refractivity contribution in [2.24, 2.45) is 10.8 Å². The second-order valence-corrected chi connectivity index (χ2v) is 6.89. The first kappa shape index (κ1) is 40.9. The molecule has 0 aliphatic carbocycles. The first-order valence-electron chi connectivity index (χ1n) is 8.50. The molecule has 0 saturated carbocycles. The molecule has 0 spiro atoms. The van der Waals surface area contributed by atoms with E-state index in [0.717, 1.165) is 12.8 Å². The number of carbonyl (C=O) groups is 3. The maximum absolute atomic E-state index is 11.3. The van der Waals surface area contributed by atoms with Gasteiger partial charge in [0.05, 0.1) is 23.9 Å². The van der Waals surface area contributed by atoms with Crippen LogP contribution in [0.4, 0.5) is 0 Å². The van der Waals surface area contributed by atoms with E-state index >= 15 is 0 Å². The lowest BCUT2D eigenvalue weighted by molar-refractivity contribution is -0.156. The Labute approximate surface area is 175 Å². The highest BCUT2D eigenvalue weighted by Crippen LogP contribution is 2.22. The number of hydrogen-bond donors (Lipinski definition) is 1. The summed E-state index contributed by atoms with van der Waals surface area (Å²) in [7, 11) is 0. The minimum absolute atomic E-state index is 0. The molecule has 0 aromatic heterocycles. The van der Waals surface area contributed by atoms with Gasteiger partial charge in [-0.3, -0.25) is 14.4 Å². The van der Waals surface area contributed by atoms with Crippen LogP contribution < -0.4 is 0 Å². The van der Waals surface area contributed by atoms with Crippen LogP contribution in [0.1, 0.15) is 104 Å². The summed E-state index contributed by atoms with van der Waals surface area (Å²) in [5, 5.41) is 8.30. The zero-order chi connectivity index (χ0) is 19.4. The van der Waals surface area contributed by atoms with Gasteiger partial charge in [-0.2, -0.15) is 0 Å². The van der Waals surface area contributed by atoms with E-state index in [1.54, 1.807) is 13.8 Å². The van der Waals surface area contributed by atoms with Crippen molar-refractivity contribution in [3.63, 3.8) is 0 Å². The van der Waals surface area contributed by atoms with E-state index in [4.69, 9.17) is 14.6 Å². The number of ether oxygens (including phenoxy) is 2. The summed E-state index contributed by atoms with van der Waals surface area (Å²) in [6, 6.07) is 0. The van der Waals surface area contributed by atoms with Gasteiger partial charge in [-0.05, 0) is 47.0 Å². The van der Waals surface area contributed by atoms with Gasteiger partial charge in [0.2, 0.25) is 0 Å². The summed E-state index contributed by atoms with van der Waals surface area (Å²) in [4.78, 5) is 32.6. The fraction of sp³-hybridized carbons (Fsp3) is 0.864. The number of esters is 2. The second kappa shape index (κ2) is 20.2. The summed E-state index contributed by atoms with van der Waals surface area (Å²) in [5.41, 5.74) is -0.826. The smallest absolute Gasteiger partial charge is 0.311 e. The molecule has 0 saturated heterocycles. The molecule has 0 aromatic rings. The molecule has 0 radical (unpaired) electrons. The van der Waals surface area contributed by atoms with Crippen LogP contribution in [0.2, 0.25) is 0 Å². The third-order valence-corrected chi connectivity index (χ3v) is 3.86. The zero-order valence-electron chi connectivity index (χ0n) is 16.2. The summed E-state index contributed by atoms with van der Waals surface area (Å²) in [5.74, 6) is -1.37. The van der Waals surface area contributed by atoms with Crippen molar-refractivity contribution in [2.75, 3.05) is 13.2 Å². The van der Waals surface area contributed by atoms with Crippen molar-refractivity contribution >= 4 is 17.9 Å². The average molecular weight is 411 g/mol. The number of hydrogen-bond acceptors (Lipinski definition) is 5. The average Bonchev–Trinajstić information content (AvgIpc) is 2.52. The highest BCUT2D eigenvalue weighted by Gasteiger charge is 2.27. The van der Waals surface area contributed by atoms with Gasteiger partial charge in [0.25, 0.3) is 0 Å². The van der Waals surface area contributed by atoms with E-state index in [0.29, 0.717) is 13.0 Å². The number of rotatable bonds is 9. The van der Waals surface area contributed by atoms with Gasteiger partial charge in [0.1, 0.15) is 6.61 Å². The SMILES string of the molecule is C.C.C.C.CCC(C)(C)C(=O)OCCC(=O)O.CCCOC(=O)C(C)(C)CC.